The van der Waals surface area contributed by atoms with Crippen LogP contribution in [0.5, 0.6) is 0 Å². The molecule has 28 heavy (non-hydrogen) atoms. The number of aliphatic imine (C=N–C) groups is 2. The van der Waals surface area contributed by atoms with Gasteiger partial charge >= 0.3 is 0 Å². The maximum absolute atomic E-state index is 4.88. The van der Waals surface area contributed by atoms with Gasteiger partial charge in [0.25, 0.3) is 0 Å². The van der Waals surface area contributed by atoms with Crippen LogP contribution in [0.25, 0.3) is 20.4 Å². The van der Waals surface area contributed by atoms with E-state index in [9.17, 15) is 0 Å². The van der Waals surface area contributed by atoms with Gasteiger partial charge < -0.3 is 0 Å². The van der Waals surface area contributed by atoms with E-state index in [1.54, 1.807) is 22.7 Å². The number of nitrogens with zero attached hydrogens (tertiary/aromatic N) is 4. The van der Waals surface area contributed by atoms with Crippen LogP contribution in [0, 0.1) is 0 Å². The van der Waals surface area contributed by atoms with Gasteiger partial charge in [-0.05, 0) is 37.1 Å². The Morgan fingerprint density at radius 1 is 0.714 bits per heavy atom. The summed E-state index contributed by atoms with van der Waals surface area (Å²) in [5, 5.41) is 1.95. The second-order valence-electron chi connectivity index (χ2n) is 7.02. The van der Waals surface area contributed by atoms with Gasteiger partial charge in [-0.3, -0.25) is 9.98 Å². The number of hydrogen-bond acceptors (Lipinski definition) is 6. The molecule has 0 saturated heterocycles. The Morgan fingerprint density at radius 2 is 1.18 bits per heavy atom. The van der Waals surface area contributed by atoms with Crippen molar-refractivity contribution in [1.82, 2.24) is 9.97 Å². The average molecular weight is 405 g/mol. The van der Waals surface area contributed by atoms with Crippen molar-refractivity contribution in [2.45, 2.75) is 37.8 Å². The summed E-state index contributed by atoms with van der Waals surface area (Å²) in [4.78, 5) is 19.1. The van der Waals surface area contributed by atoms with E-state index >= 15 is 0 Å². The van der Waals surface area contributed by atoms with Crippen LogP contribution in [0.3, 0.4) is 0 Å². The van der Waals surface area contributed by atoms with Crippen molar-refractivity contribution in [3.8, 4) is 0 Å². The van der Waals surface area contributed by atoms with E-state index in [1.165, 1.54) is 22.2 Å². The minimum absolute atomic E-state index is 0.228. The van der Waals surface area contributed by atoms with E-state index in [0.717, 1.165) is 33.9 Å². The van der Waals surface area contributed by atoms with Crippen LogP contribution in [0.15, 0.2) is 58.5 Å². The van der Waals surface area contributed by atoms with Gasteiger partial charge in [-0.1, -0.05) is 37.1 Å². The monoisotopic (exact) mass is 404 g/mol. The predicted molar refractivity (Wildman–Crippen MR) is 120 cm³/mol. The summed E-state index contributed by atoms with van der Waals surface area (Å²) >= 11 is 3.39. The number of thiazole rings is 2. The first kappa shape index (κ1) is 17.6. The molecule has 2 aromatic heterocycles. The Balaban J connectivity index is 1.34. The lowest BCUT2D eigenvalue weighted by Gasteiger charge is -2.25. The van der Waals surface area contributed by atoms with Crippen molar-refractivity contribution in [2.24, 2.45) is 9.98 Å². The van der Waals surface area contributed by atoms with Crippen LogP contribution in [0.1, 0.15) is 35.7 Å². The number of benzene rings is 2. The number of aromatic nitrogens is 2. The highest BCUT2D eigenvalue weighted by atomic mass is 32.1. The van der Waals surface area contributed by atoms with Crippen LogP contribution in [-0.2, 0) is 0 Å². The van der Waals surface area contributed by atoms with Crippen molar-refractivity contribution in [3.63, 3.8) is 0 Å². The van der Waals surface area contributed by atoms with Crippen molar-refractivity contribution in [2.75, 3.05) is 0 Å². The lowest BCUT2D eigenvalue weighted by molar-refractivity contribution is 0.390. The van der Waals surface area contributed by atoms with E-state index in [2.05, 4.69) is 46.4 Å². The molecule has 2 unspecified atom stereocenters. The molecule has 0 amide bonds. The second kappa shape index (κ2) is 7.89. The van der Waals surface area contributed by atoms with E-state index < -0.39 is 0 Å². The zero-order valence-electron chi connectivity index (χ0n) is 15.4. The summed E-state index contributed by atoms with van der Waals surface area (Å²) < 4.78 is 2.41. The lowest BCUT2D eigenvalue weighted by Crippen LogP contribution is -2.27. The molecule has 140 valence electrons. The summed E-state index contributed by atoms with van der Waals surface area (Å²) in [6.45, 7) is 0. The molecule has 6 heteroatoms. The molecule has 0 bridgehead atoms. The fourth-order valence-electron chi connectivity index (χ4n) is 3.65. The molecule has 1 fully saturated rings. The van der Waals surface area contributed by atoms with Crippen molar-refractivity contribution >= 4 is 55.5 Å². The van der Waals surface area contributed by atoms with E-state index in [4.69, 9.17) is 9.98 Å². The largest absolute Gasteiger partial charge is 0.284 e. The van der Waals surface area contributed by atoms with Crippen molar-refractivity contribution < 1.29 is 0 Å². The molecule has 0 aliphatic heterocycles. The topological polar surface area (TPSA) is 50.5 Å². The Bertz CT molecular complexity index is 999. The fourth-order valence-corrected chi connectivity index (χ4v) is 5.34. The normalized spacial score (nSPS) is 20.7. The molecule has 0 N–H and O–H groups in total. The summed E-state index contributed by atoms with van der Waals surface area (Å²) in [6.07, 6.45) is 8.50. The Hall–Kier alpha value is -2.44. The molecule has 1 saturated carbocycles. The molecule has 2 atom stereocenters. The summed E-state index contributed by atoms with van der Waals surface area (Å²) in [6, 6.07) is 16.9. The van der Waals surface area contributed by atoms with Gasteiger partial charge in [-0.25, -0.2) is 9.97 Å². The van der Waals surface area contributed by atoms with Gasteiger partial charge in [0.05, 0.1) is 44.9 Å². The third-order valence-corrected chi connectivity index (χ3v) is 7.01. The number of rotatable bonds is 4. The highest BCUT2D eigenvalue weighted by molar-refractivity contribution is 7.20. The van der Waals surface area contributed by atoms with Gasteiger partial charge in [-0.15, -0.1) is 22.7 Å². The second-order valence-corrected chi connectivity index (χ2v) is 9.14. The zero-order chi connectivity index (χ0) is 18.8. The molecular formula is C22H20N4S2. The first-order valence-corrected chi connectivity index (χ1v) is 11.3. The average Bonchev–Trinajstić information content (AvgIpc) is 3.34. The maximum Gasteiger partial charge on any atom is 0.135 e. The van der Waals surface area contributed by atoms with Crippen LogP contribution in [0.4, 0.5) is 0 Å². The molecular weight excluding hydrogens is 384 g/mol. The quantitative estimate of drug-likeness (QED) is 0.406. The number of para-hydroxylation sites is 2. The molecule has 2 aromatic carbocycles. The van der Waals surface area contributed by atoms with Crippen molar-refractivity contribution in [3.05, 3.63) is 58.5 Å². The first-order chi connectivity index (χ1) is 13.8. The zero-order valence-corrected chi connectivity index (χ0v) is 17.0. The van der Waals surface area contributed by atoms with Gasteiger partial charge in [0.15, 0.2) is 0 Å². The molecule has 1 aliphatic rings. The third kappa shape index (κ3) is 3.75. The molecule has 5 rings (SSSR count). The van der Waals surface area contributed by atoms with E-state index in [1.807, 2.05) is 24.6 Å². The van der Waals surface area contributed by atoms with Gasteiger partial charge in [0.1, 0.15) is 10.0 Å². The minimum Gasteiger partial charge on any atom is -0.284 e. The summed E-state index contributed by atoms with van der Waals surface area (Å²) in [5.74, 6) is 0. The third-order valence-electron chi connectivity index (χ3n) is 5.07. The Labute approximate surface area is 171 Å². The Morgan fingerprint density at radius 3 is 1.64 bits per heavy atom. The van der Waals surface area contributed by atoms with Gasteiger partial charge in [0.2, 0.25) is 0 Å². The number of fused-ring (bicyclic) bond motifs is 2. The molecule has 0 radical (unpaired) electrons. The van der Waals surface area contributed by atoms with Crippen LogP contribution in [-0.4, -0.2) is 34.5 Å². The van der Waals surface area contributed by atoms with Crippen LogP contribution in [0.2, 0.25) is 0 Å². The molecule has 0 spiro atoms. The van der Waals surface area contributed by atoms with Gasteiger partial charge in [0, 0.05) is 0 Å². The minimum atomic E-state index is 0.228. The lowest BCUT2D eigenvalue weighted by atomic mass is 9.91. The summed E-state index contributed by atoms with van der Waals surface area (Å²) in [5.41, 5.74) is 2.09. The van der Waals surface area contributed by atoms with E-state index in [0.29, 0.717) is 0 Å². The maximum atomic E-state index is 4.88. The fraction of sp³-hybridized carbons (Fsp3) is 0.273. The molecule has 2 heterocycles. The smallest absolute Gasteiger partial charge is 0.135 e. The van der Waals surface area contributed by atoms with Crippen LogP contribution >= 0.6 is 22.7 Å². The molecule has 1 aliphatic carbocycles. The first-order valence-electron chi connectivity index (χ1n) is 9.63. The highest BCUT2D eigenvalue weighted by Crippen LogP contribution is 2.26. The Kier molecular flexibility index (Phi) is 4.97. The molecule has 4 aromatic rings. The molecule has 4 nitrogen and oxygen atoms in total. The van der Waals surface area contributed by atoms with E-state index in [-0.39, 0.29) is 12.1 Å². The standard InChI is InChI=1S/C22H20N4S2/c1-2-8-16(24-14-22-26-18-10-4-6-12-20(18)28-22)15(7-1)23-13-21-25-17-9-3-5-11-19(17)27-21/h3-6,9-16H,1-2,7-8H2. The summed E-state index contributed by atoms with van der Waals surface area (Å²) in [7, 11) is 0. The van der Waals surface area contributed by atoms with Crippen molar-refractivity contribution in [1.29, 1.82) is 0 Å². The SMILES string of the molecule is C(=NC1CCCCC1N=Cc1nc2ccccc2s1)c1nc2ccccc2s1. The van der Waals surface area contributed by atoms with Crippen LogP contribution < -0.4 is 0 Å². The predicted octanol–water partition coefficient (Wildman–Crippen LogP) is 5.76. The highest BCUT2D eigenvalue weighted by Gasteiger charge is 2.23. The van der Waals surface area contributed by atoms with Gasteiger partial charge in [-0.2, -0.15) is 0 Å². The number of hydrogen-bond donors (Lipinski definition) is 0.